The molecule has 0 heterocycles. The Bertz CT molecular complexity index is 438. The standard InChI is InChI=1S/C16H25NO2/c1-6-13-9-14(7-8-15(13)19-5)16(3,4)11-17-10-12(2)18/h7-9,17H,6,10-11H2,1-5H3. The maximum atomic E-state index is 11.0. The number of rotatable bonds is 7. The molecule has 0 aromatic heterocycles. The lowest BCUT2D eigenvalue weighted by atomic mass is 9.83. The number of ketones is 1. The van der Waals surface area contributed by atoms with Gasteiger partial charge in [0.15, 0.2) is 0 Å². The Morgan fingerprint density at radius 2 is 2.05 bits per heavy atom. The van der Waals surface area contributed by atoms with Gasteiger partial charge in [-0.3, -0.25) is 4.79 Å². The molecule has 1 aromatic rings. The number of nitrogens with one attached hydrogen (secondary N) is 1. The van der Waals surface area contributed by atoms with E-state index in [0.29, 0.717) is 6.54 Å². The summed E-state index contributed by atoms with van der Waals surface area (Å²) in [6, 6.07) is 6.34. The number of carbonyl (C=O) groups excluding carboxylic acids is 1. The van der Waals surface area contributed by atoms with Crippen molar-refractivity contribution in [3.8, 4) is 5.75 Å². The van der Waals surface area contributed by atoms with Crippen molar-refractivity contribution in [2.75, 3.05) is 20.2 Å². The fraction of sp³-hybridized carbons (Fsp3) is 0.562. The SMILES string of the molecule is CCc1cc(C(C)(C)CNCC(C)=O)ccc1OC. The zero-order chi connectivity index (χ0) is 14.5. The summed E-state index contributed by atoms with van der Waals surface area (Å²) in [5, 5.41) is 3.21. The maximum Gasteiger partial charge on any atom is 0.143 e. The van der Waals surface area contributed by atoms with Crippen molar-refractivity contribution < 1.29 is 9.53 Å². The number of carbonyl (C=O) groups is 1. The summed E-state index contributed by atoms with van der Waals surface area (Å²) in [7, 11) is 1.70. The Morgan fingerprint density at radius 3 is 2.58 bits per heavy atom. The van der Waals surface area contributed by atoms with Crippen LogP contribution in [0, 0.1) is 0 Å². The molecule has 0 aliphatic rings. The number of methoxy groups -OCH3 is 1. The fourth-order valence-corrected chi connectivity index (χ4v) is 2.13. The summed E-state index contributed by atoms with van der Waals surface area (Å²) < 4.78 is 5.36. The lowest BCUT2D eigenvalue weighted by molar-refractivity contribution is -0.116. The minimum absolute atomic E-state index is 0.00829. The van der Waals surface area contributed by atoms with Crippen LogP contribution in [-0.2, 0) is 16.6 Å². The smallest absolute Gasteiger partial charge is 0.143 e. The summed E-state index contributed by atoms with van der Waals surface area (Å²) in [5.41, 5.74) is 2.48. The molecular weight excluding hydrogens is 238 g/mol. The Morgan fingerprint density at radius 1 is 1.37 bits per heavy atom. The summed E-state index contributed by atoms with van der Waals surface area (Å²) in [4.78, 5) is 11.0. The Labute approximate surface area is 116 Å². The first-order valence-electron chi connectivity index (χ1n) is 6.78. The minimum atomic E-state index is -0.00829. The third-order valence-corrected chi connectivity index (χ3v) is 3.38. The van der Waals surface area contributed by atoms with Crippen molar-refractivity contribution >= 4 is 5.78 Å². The van der Waals surface area contributed by atoms with Crippen LogP contribution in [0.1, 0.15) is 38.8 Å². The average molecular weight is 263 g/mol. The van der Waals surface area contributed by atoms with Crippen molar-refractivity contribution in [2.24, 2.45) is 0 Å². The van der Waals surface area contributed by atoms with Gasteiger partial charge in [-0.2, -0.15) is 0 Å². The van der Waals surface area contributed by atoms with Gasteiger partial charge in [0, 0.05) is 12.0 Å². The Balaban J connectivity index is 2.85. The van der Waals surface area contributed by atoms with Crippen LogP contribution in [0.25, 0.3) is 0 Å². The molecule has 0 spiro atoms. The normalized spacial score (nSPS) is 11.4. The number of hydrogen-bond donors (Lipinski definition) is 1. The molecule has 3 nitrogen and oxygen atoms in total. The van der Waals surface area contributed by atoms with Crippen molar-refractivity contribution in [3.05, 3.63) is 29.3 Å². The van der Waals surface area contributed by atoms with Crippen LogP contribution >= 0.6 is 0 Å². The van der Waals surface area contributed by atoms with E-state index in [9.17, 15) is 4.79 Å². The van der Waals surface area contributed by atoms with Crippen LogP contribution in [0.4, 0.5) is 0 Å². The molecule has 1 aromatic carbocycles. The molecule has 0 atom stereocenters. The molecule has 3 heteroatoms. The molecule has 19 heavy (non-hydrogen) atoms. The fourth-order valence-electron chi connectivity index (χ4n) is 2.13. The summed E-state index contributed by atoms with van der Waals surface area (Å²) in [6.45, 7) is 9.30. The number of Topliss-reactive ketones (excluding diaryl/α,β-unsaturated/α-hetero) is 1. The number of hydrogen-bond acceptors (Lipinski definition) is 3. The molecule has 0 fully saturated rings. The van der Waals surface area contributed by atoms with Gasteiger partial charge in [-0.1, -0.05) is 32.9 Å². The quantitative estimate of drug-likeness (QED) is 0.822. The molecule has 0 radical (unpaired) electrons. The van der Waals surface area contributed by atoms with E-state index in [2.05, 4.69) is 38.2 Å². The van der Waals surface area contributed by atoms with Crippen molar-refractivity contribution in [1.29, 1.82) is 0 Å². The largest absolute Gasteiger partial charge is 0.496 e. The molecule has 0 bridgehead atoms. The minimum Gasteiger partial charge on any atom is -0.496 e. The van der Waals surface area contributed by atoms with Gasteiger partial charge in [0.25, 0.3) is 0 Å². The molecule has 106 valence electrons. The van der Waals surface area contributed by atoms with Crippen molar-refractivity contribution in [3.63, 3.8) is 0 Å². The third kappa shape index (κ3) is 4.35. The summed E-state index contributed by atoms with van der Waals surface area (Å²) in [5.74, 6) is 1.11. The van der Waals surface area contributed by atoms with Crippen LogP contribution in [-0.4, -0.2) is 26.0 Å². The van der Waals surface area contributed by atoms with Gasteiger partial charge in [-0.15, -0.1) is 0 Å². The second-order valence-electron chi connectivity index (χ2n) is 5.57. The first kappa shape index (κ1) is 15.7. The lowest BCUT2D eigenvalue weighted by Gasteiger charge is -2.26. The second kappa shape index (κ2) is 6.71. The number of aryl methyl sites for hydroxylation is 1. The van der Waals surface area contributed by atoms with E-state index in [-0.39, 0.29) is 11.2 Å². The van der Waals surface area contributed by atoms with E-state index in [1.807, 2.05) is 6.07 Å². The van der Waals surface area contributed by atoms with Gasteiger partial charge in [0.1, 0.15) is 11.5 Å². The molecule has 0 saturated carbocycles. The van der Waals surface area contributed by atoms with E-state index in [4.69, 9.17) is 4.74 Å². The first-order chi connectivity index (χ1) is 8.90. The van der Waals surface area contributed by atoms with Crippen LogP contribution in [0.3, 0.4) is 0 Å². The predicted octanol–water partition coefficient (Wildman–Crippen LogP) is 2.71. The van der Waals surface area contributed by atoms with Gasteiger partial charge >= 0.3 is 0 Å². The molecular formula is C16H25NO2. The van der Waals surface area contributed by atoms with E-state index < -0.39 is 0 Å². The van der Waals surface area contributed by atoms with Crippen LogP contribution < -0.4 is 10.1 Å². The monoisotopic (exact) mass is 263 g/mol. The number of benzene rings is 1. The molecule has 1 rings (SSSR count). The molecule has 1 N–H and O–H groups in total. The third-order valence-electron chi connectivity index (χ3n) is 3.38. The van der Waals surface area contributed by atoms with E-state index in [1.54, 1.807) is 14.0 Å². The molecule has 0 unspecified atom stereocenters. The highest BCUT2D eigenvalue weighted by Crippen LogP contribution is 2.28. The van der Waals surface area contributed by atoms with Crippen molar-refractivity contribution in [2.45, 2.75) is 39.5 Å². The first-order valence-corrected chi connectivity index (χ1v) is 6.78. The molecule has 0 aliphatic carbocycles. The van der Waals surface area contributed by atoms with Crippen molar-refractivity contribution in [1.82, 2.24) is 5.32 Å². The van der Waals surface area contributed by atoms with Crippen LogP contribution in [0.2, 0.25) is 0 Å². The molecule has 0 aliphatic heterocycles. The predicted molar refractivity (Wildman–Crippen MR) is 78.9 cm³/mol. The summed E-state index contributed by atoms with van der Waals surface area (Å²) >= 11 is 0. The number of ether oxygens (including phenoxy) is 1. The average Bonchev–Trinajstić information content (AvgIpc) is 2.37. The lowest BCUT2D eigenvalue weighted by Crippen LogP contribution is -2.35. The topological polar surface area (TPSA) is 38.3 Å². The Hall–Kier alpha value is -1.35. The zero-order valence-electron chi connectivity index (χ0n) is 12.7. The highest BCUT2D eigenvalue weighted by molar-refractivity contribution is 5.77. The maximum absolute atomic E-state index is 11.0. The molecule has 0 amide bonds. The van der Waals surface area contributed by atoms with Gasteiger partial charge in [0.05, 0.1) is 13.7 Å². The van der Waals surface area contributed by atoms with Gasteiger partial charge in [-0.25, -0.2) is 0 Å². The highest BCUT2D eigenvalue weighted by Gasteiger charge is 2.21. The Kier molecular flexibility index (Phi) is 5.55. The highest BCUT2D eigenvalue weighted by atomic mass is 16.5. The van der Waals surface area contributed by atoms with E-state index >= 15 is 0 Å². The van der Waals surface area contributed by atoms with Crippen LogP contribution in [0.5, 0.6) is 5.75 Å². The summed E-state index contributed by atoms with van der Waals surface area (Å²) in [6.07, 6.45) is 0.952. The van der Waals surface area contributed by atoms with E-state index in [0.717, 1.165) is 18.7 Å². The van der Waals surface area contributed by atoms with Crippen LogP contribution in [0.15, 0.2) is 18.2 Å². The molecule has 0 saturated heterocycles. The van der Waals surface area contributed by atoms with Gasteiger partial charge < -0.3 is 10.1 Å². The van der Waals surface area contributed by atoms with E-state index in [1.165, 1.54) is 11.1 Å². The van der Waals surface area contributed by atoms with Gasteiger partial charge in [0.2, 0.25) is 0 Å². The van der Waals surface area contributed by atoms with Gasteiger partial charge in [-0.05, 0) is 30.5 Å². The zero-order valence-corrected chi connectivity index (χ0v) is 12.7. The second-order valence-corrected chi connectivity index (χ2v) is 5.57.